The molecule has 1 heterocycles. The number of benzene rings is 1. The van der Waals surface area contributed by atoms with Crippen LogP contribution in [0.3, 0.4) is 0 Å². The number of anilines is 1. The molecule has 0 saturated carbocycles. The standard InChI is InChI=1S/C18H25N3O2.C2H6.V/c1-12-10-16(14-8-6-7-9-15(14)20-12)21(5)18(3,4)17(23)11-19-13(2)22;1-2;/h6-10,17,23H,11H2,1-5H3,(H,19,22);1-2H3;. The van der Waals surface area contributed by atoms with E-state index in [4.69, 9.17) is 0 Å². The average molecular weight is 396 g/mol. The summed E-state index contributed by atoms with van der Waals surface area (Å²) < 4.78 is 0. The summed E-state index contributed by atoms with van der Waals surface area (Å²) in [6.45, 7) is 11.6. The summed E-state index contributed by atoms with van der Waals surface area (Å²) in [6, 6.07) is 9.99. The van der Waals surface area contributed by atoms with Gasteiger partial charge in [-0.1, -0.05) is 32.0 Å². The van der Waals surface area contributed by atoms with Gasteiger partial charge in [0.1, 0.15) is 0 Å². The molecule has 1 amide bonds. The molecule has 26 heavy (non-hydrogen) atoms. The molecule has 6 heteroatoms. The van der Waals surface area contributed by atoms with Gasteiger partial charge in [0.25, 0.3) is 0 Å². The second-order valence-electron chi connectivity index (χ2n) is 6.47. The van der Waals surface area contributed by atoms with E-state index in [1.165, 1.54) is 6.92 Å². The number of fused-ring (bicyclic) bond motifs is 1. The molecule has 2 aromatic rings. The maximum atomic E-state index is 11.1. The van der Waals surface area contributed by atoms with Crippen molar-refractivity contribution in [3.05, 3.63) is 36.0 Å². The fraction of sp³-hybridized carbons (Fsp3) is 0.500. The number of aliphatic hydroxyl groups is 1. The maximum absolute atomic E-state index is 11.1. The van der Waals surface area contributed by atoms with E-state index >= 15 is 0 Å². The zero-order valence-electron chi connectivity index (χ0n) is 16.9. The molecule has 1 unspecified atom stereocenters. The van der Waals surface area contributed by atoms with Gasteiger partial charge in [-0.25, -0.2) is 0 Å². The van der Waals surface area contributed by atoms with Crippen molar-refractivity contribution < 1.29 is 28.5 Å². The van der Waals surface area contributed by atoms with Crippen molar-refractivity contribution in [2.45, 2.75) is 53.2 Å². The Balaban J connectivity index is 0.00000201. The summed E-state index contributed by atoms with van der Waals surface area (Å²) in [6.07, 6.45) is -0.705. The third kappa shape index (κ3) is 5.73. The van der Waals surface area contributed by atoms with Crippen LogP contribution in [-0.4, -0.2) is 41.2 Å². The van der Waals surface area contributed by atoms with Crippen LogP contribution in [0.5, 0.6) is 0 Å². The van der Waals surface area contributed by atoms with E-state index in [0.717, 1.165) is 22.3 Å². The van der Waals surface area contributed by atoms with Crippen LogP contribution < -0.4 is 10.2 Å². The van der Waals surface area contributed by atoms with E-state index in [0.29, 0.717) is 0 Å². The Kier molecular flexibility index (Phi) is 9.93. The van der Waals surface area contributed by atoms with Gasteiger partial charge in [0.15, 0.2) is 0 Å². The van der Waals surface area contributed by atoms with Gasteiger partial charge < -0.3 is 15.3 Å². The first-order chi connectivity index (χ1) is 11.7. The number of rotatable bonds is 5. The molecule has 0 saturated heterocycles. The zero-order chi connectivity index (χ0) is 19.2. The van der Waals surface area contributed by atoms with Gasteiger partial charge in [0.05, 0.1) is 17.2 Å². The molecule has 1 aromatic heterocycles. The van der Waals surface area contributed by atoms with E-state index in [2.05, 4.69) is 15.2 Å². The summed E-state index contributed by atoms with van der Waals surface area (Å²) in [5.74, 6) is -0.146. The van der Waals surface area contributed by atoms with Gasteiger partial charge in [-0.05, 0) is 32.9 Å². The molecule has 2 rings (SSSR count). The third-order valence-corrected chi connectivity index (χ3v) is 4.41. The van der Waals surface area contributed by atoms with Gasteiger partial charge in [-0.3, -0.25) is 9.78 Å². The fourth-order valence-corrected chi connectivity index (χ4v) is 2.59. The largest absolute Gasteiger partial charge is 0.389 e. The summed E-state index contributed by atoms with van der Waals surface area (Å²) in [5.41, 5.74) is 2.32. The second kappa shape index (κ2) is 10.6. The molecular formula is C20H31N3O2V. The topological polar surface area (TPSA) is 65.5 Å². The quantitative estimate of drug-likeness (QED) is 0.814. The predicted molar refractivity (Wildman–Crippen MR) is 105 cm³/mol. The first-order valence-corrected chi connectivity index (χ1v) is 8.76. The number of amides is 1. The molecule has 0 bridgehead atoms. The zero-order valence-corrected chi connectivity index (χ0v) is 18.3. The number of nitrogens with zero attached hydrogens (tertiary/aromatic N) is 2. The number of hydrogen-bond donors (Lipinski definition) is 2. The average Bonchev–Trinajstić information content (AvgIpc) is 2.59. The summed E-state index contributed by atoms with van der Waals surface area (Å²) in [7, 11) is 1.96. The minimum Gasteiger partial charge on any atom is -0.389 e. The van der Waals surface area contributed by atoms with E-state index in [1.54, 1.807) is 0 Å². The van der Waals surface area contributed by atoms with Crippen molar-refractivity contribution >= 4 is 22.5 Å². The van der Waals surface area contributed by atoms with Crippen LogP contribution in [0.25, 0.3) is 10.9 Å². The number of aryl methyl sites for hydroxylation is 1. The van der Waals surface area contributed by atoms with Crippen LogP contribution in [-0.2, 0) is 23.4 Å². The van der Waals surface area contributed by atoms with Crippen LogP contribution in [0.2, 0.25) is 0 Å². The molecule has 5 nitrogen and oxygen atoms in total. The Morgan fingerprint density at radius 1 is 1.31 bits per heavy atom. The molecule has 0 aliphatic rings. The Hall–Kier alpha value is -1.56. The number of nitrogens with one attached hydrogen (secondary N) is 1. The second-order valence-corrected chi connectivity index (χ2v) is 6.47. The normalized spacial score (nSPS) is 11.7. The SMILES string of the molecule is CC.CC(=O)NCC(O)C(C)(C)N(C)c1cc(C)nc2ccccc12.[V]. The van der Waals surface area contributed by atoms with Crippen LogP contribution in [0.1, 0.15) is 40.3 Å². The molecular weight excluding hydrogens is 365 g/mol. The number of carbonyl (C=O) groups is 1. The van der Waals surface area contributed by atoms with Crippen molar-refractivity contribution in [2.24, 2.45) is 0 Å². The molecule has 2 N–H and O–H groups in total. The van der Waals surface area contributed by atoms with Crippen molar-refractivity contribution in [1.29, 1.82) is 0 Å². The molecule has 1 atom stereocenters. The van der Waals surface area contributed by atoms with E-state index in [-0.39, 0.29) is 31.0 Å². The number of para-hydroxylation sites is 1. The van der Waals surface area contributed by atoms with Crippen molar-refractivity contribution in [2.75, 3.05) is 18.5 Å². The first-order valence-electron chi connectivity index (χ1n) is 8.76. The Morgan fingerprint density at radius 3 is 2.46 bits per heavy atom. The van der Waals surface area contributed by atoms with Gasteiger partial charge in [-0.15, -0.1) is 0 Å². The molecule has 143 valence electrons. The molecule has 1 aromatic carbocycles. The number of aliphatic hydroxyl groups excluding tert-OH is 1. The minimum absolute atomic E-state index is 0. The number of aromatic nitrogens is 1. The Morgan fingerprint density at radius 2 is 1.88 bits per heavy atom. The molecule has 0 aliphatic carbocycles. The number of carbonyl (C=O) groups excluding carboxylic acids is 1. The van der Waals surface area contributed by atoms with Crippen LogP contribution in [0.15, 0.2) is 30.3 Å². The summed E-state index contributed by atoms with van der Waals surface area (Å²) in [4.78, 5) is 17.7. The third-order valence-electron chi connectivity index (χ3n) is 4.41. The summed E-state index contributed by atoms with van der Waals surface area (Å²) in [5, 5.41) is 14.2. The van der Waals surface area contributed by atoms with Gasteiger partial charge in [0, 0.05) is 55.8 Å². The Labute approximate surface area is 169 Å². The van der Waals surface area contributed by atoms with Crippen LogP contribution in [0.4, 0.5) is 5.69 Å². The van der Waals surface area contributed by atoms with E-state index in [1.807, 2.05) is 72.0 Å². The van der Waals surface area contributed by atoms with Gasteiger partial charge in [0.2, 0.25) is 5.91 Å². The molecule has 0 aliphatic heterocycles. The van der Waals surface area contributed by atoms with Gasteiger partial charge in [-0.2, -0.15) is 0 Å². The monoisotopic (exact) mass is 396 g/mol. The van der Waals surface area contributed by atoms with Crippen LogP contribution >= 0.6 is 0 Å². The predicted octanol–water partition coefficient (Wildman–Crippen LogP) is 3.28. The maximum Gasteiger partial charge on any atom is 0.216 e. The fourth-order valence-electron chi connectivity index (χ4n) is 2.59. The van der Waals surface area contributed by atoms with Crippen molar-refractivity contribution in [3.8, 4) is 0 Å². The smallest absolute Gasteiger partial charge is 0.216 e. The van der Waals surface area contributed by atoms with E-state index < -0.39 is 11.6 Å². The molecule has 0 spiro atoms. The number of hydrogen-bond acceptors (Lipinski definition) is 4. The Bertz CT molecular complexity index is 719. The number of likely N-dealkylation sites (N-methyl/N-ethyl adjacent to an activating group) is 1. The number of pyridine rings is 1. The van der Waals surface area contributed by atoms with Gasteiger partial charge >= 0.3 is 0 Å². The first kappa shape index (κ1) is 24.4. The van der Waals surface area contributed by atoms with E-state index in [9.17, 15) is 9.90 Å². The van der Waals surface area contributed by atoms with Crippen molar-refractivity contribution in [3.63, 3.8) is 0 Å². The summed E-state index contributed by atoms with van der Waals surface area (Å²) >= 11 is 0. The minimum atomic E-state index is -0.705. The molecule has 1 radical (unpaired) electrons. The molecule has 0 fully saturated rings. The van der Waals surface area contributed by atoms with Crippen molar-refractivity contribution in [1.82, 2.24) is 10.3 Å². The van der Waals surface area contributed by atoms with Crippen LogP contribution in [0, 0.1) is 6.92 Å².